The van der Waals surface area contributed by atoms with Crippen LogP contribution in [0.25, 0.3) is 0 Å². The molecular formula is C13H20N4O. The average Bonchev–Trinajstić information content (AvgIpc) is 2.68. The van der Waals surface area contributed by atoms with Gasteiger partial charge in [0.25, 0.3) is 5.91 Å². The van der Waals surface area contributed by atoms with Crippen LogP contribution in [0.4, 0.5) is 0 Å². The van der Waals surface area contributed by atoms with E-state index in [0.717, 1.165) is 37.2 Å². The largest absolute Gasteiger partial charge is 0.297 e. The van der Waals surface area contributed by atoms with Gasteiger partial charge in [0.2, 0.25) is 0 Å². The highest BCUT2D eigenvalue weighted by molar-refractivity contribution is 5.93. The summed E-state index contributed by atoms with van der Waals surface area (Å²) in [6, 6.07) is 3.64. The highest BCUT2D eigenvalue weighted by Gasteiger charge is 2.25. The van der Waals surface area contributed by atoms with Crippen molar-refractivity contribution in [2.45, 2.75) is 20.4 Å². The number of hydrogen-bond donors (Lipinski definition) is 2. The second-order valence-electron chi connectivity index (χ2n) is 5.16. The Balaban J connectivity index is 1.97. The fraction of sp³-hybridized carbons (Fsp3) is 0.538. The summed E-state index contributed by atoms with van der Waals surface area (Å²) < 4.78 is 0. The van der Waals surface area contributed by atoms with Crippen LogP contribution in [0.15, 0.2) is 18.3 Å². The van der Waals surface area contributed by atoms with Gasteiger partial charge in [0.1, 0.15) is 0 Å². The number of nitrogen functional groups attached to an aromatic ring is 1. The summed E-state index contributed by atoms with van der Waals surface area (Å²) in [7, 11) is 0. The first kappa shape index (κ1) is 13.0. The maximum Gasteiger partial charge on any atom is 0.266 e. The van der Waals surface area contributed by atoms with Gasteiger partial charge in [0.15, 0.2) is 0 Å². The molecule has 0 aromatic carbocycles. The second-order valence-corrected chi connectivity index (χ2v) is 5.16. The summed E-state index contributed by atoms with van der Waals surface area (Å²) in [6.07, 6.45) is 1.57. The second kappa shape index (κ2) is 5.46. The number of nitrogens with one attached hydrogen (secondary N) is 1. The van der Waals surface area contributed by atoms with Crippen molar-refractivity contribution in [1.82, 2.24) is 15.3 Å². The van der Waals surface area contributed by atoms with Gasteiger partial charge in [-0.15, -0.1) is 0 Å². The van der Waals surface area contributed by atoms with Gasteiger partial charge in [0, 0.05) is 25.8 Å². The molecule has 98 valence electrons. The zero-order valence-electron chi connectivity index (χ0n) is 10.9. The fourth-order valence-corrected chi connectivity index (χ4v) is 2.34. The molecule has 2 heterocycles. The first-order valence-corrected chi connectivity index (χ1v) is 6.28. The van der Waals surface area contributed by atoms with E-state index in [0.29, 0.717) is 5.56 Å². The molecule has 3 N–H and O–H groups in total. The summed E-state index contributed by atoms with van der Waals surface area (Å²) >= 11 is 0. The van der Waals surface area contributed by atoms with E-state index in [9.17, 15) is 4.79 Å². The predicted molar refractivity (Wildman–Crippen MR) is 69.5 cm³/mol. The number of carbonyl (C=O) groups is 1. The van der Waals surface area contributed by atoms with Crippen LogP contribution in [0.3, 0.4) is 0 Å². The van der Waals surface area contributed by atoms with Crippen molar-refractivity contribution in [2.75, 3.05) is 13.1 Å². The molecule has 0 saturated carbocycles. The van der Waals surface area contributed by atoms with Crippen LogP contribution in [0, 0.1) is 11.8 Å². The molecule has 1 fully saturated rings. The zero-order chi connectivity index (χ0) is 13.1. The standard InChI is InChI=1S/C13H20N4O/c1-9-6-17(7-10(9)2)8-12-4-3-11(5-15-12)13(18)16-14/h3-5,9-10H,6-8,14H2,1-2H3,(H,16,18). The smallest absolute Gasteiger partial charge is 0.266 e. The fourth-order valence-electron chi connectivity index (χ4n) is 2.34. The Morgan fingerprint density at radius 2 is 2.11 bits per heavy atom. The Labute approximate surface area is 107 Å². The van der Waals surface area contributed by atoms with Crippen molar-refractivity contribution in [1.29, 1.82) is 0 Å². The van der Waals surface area contributed by atoms with Gasteiger partial charge >= 0.3 is 0 Å². The summed E-state index contributed by atoms with van der Waals surface area (Å²) in [4.78, 5) is 18.0. The van der Waals surface area contributed by atoms with Crippen molar-refractivity contribution >= 4 is 5.91 Å². The summed E-state index contributed by atoms with van der Waals surface area (Å²) in [6.45, 7) is 7.65. The van der Waals surface area contributed by atoms with Gasteiger partial charge in [-0.1, -0.05) is 13.8 Å². The van der Waals surface area contributed by atoms with Crippen LogP contribution in [-0.2, 0) is 6.54 Å². The molecule has 0 bridgehead atoms. The number of hydrazine groups is 1. The van der Waals surface area contributed by atoms with E-state index in [-0.39, 0.29) is 5.91 Å². The molecule has 0 aliphatic carbocycles. The Bertz CT molecular complexity index is 408. The van der Waals surface area contributed by atoms with Crippen LogP contribution in [0.1, 0.15) is 29.9 Å². The molecule has 1 aromatic heterocycles. The number of aromatic nitrogens is 1. The first-order valence-electron chi connectivity index (χ1n) is 6.28. The lowest BCUT2D eigenvalue weighted by Crippen LogP contribution is -2.30. The summed E-state index contributed by atoms with van der Waals surface area (Å²) in [5.41, 5.74) is 3.58. The lowest BCUT2D eigenvalue weighted by atomic mass is 10.0. The van der Waals surface area contributed by atoms with E-state index in [1.165, 1.54) is 0 Å². The molecule has 1 aromatic rings. The number of hydrogen-bond acceptors (Lipinski definition) is 4. The van der Waals surface area contributed by atoms with Crippen molar-refractivity contribution in [3.05, 3.63) is 29.6 Å². The van der Waals surface area contributed by atoms with E-state index in [1.54, 1.807) is 12.3 Å². The van der Waals surface area contributed by atoms with Crippen molar-refractivity contribution in [3.8, 4) is 0 Å². The number of nitrogens with two attached hydrogens (primary N) is 1. The molecule has 5 nitrogen and oxygen atoms in total. The molecule has 2 unspecified atom stereocenters. The van der Waals surface area contributed by atoms with Crippen molar-refractivity contribution in [2.24, 2.45) is 17.7 Å². The van der Waals surface area contributed by atoms with Crippen LogP contribution in [-0.4, -0.2) is 28.9 Å². The number of nitrogens with zero attached hydrogens (tertiary/aromatic N) is 2. The molecule has 1 aliphatic rings. The van der Waals surface area contributed by atoms with Gasteiger partial charge in [0.05, 0.1) is 11.3 Å². The molecule has 0 spiro atoms. The van der Waals surface area contributed by atoms with Crippen molar-refractivity contribution < 1.29 is 4.79 Å². The SMILES string of the molecule is CC1CN(Cc2ccc(C(=O)NN)cn2)CC1C. The summed E-state index contributed by atoms with van der Waals surface area (Å²) in [5.74, 6) is 6.25. The molecule has 5 heteroatoms. The van der Waals surface area contributed by atoms with E-state index in [4.69, 9.17) is 5.84 Å². The minimum Gasteiger partial charge on any atom is -0.297 e. The summed E-state index contributed by atoms with van der Waals surface area (Å²) in [5, 5.41) is 0. The minimum absolute atomic E-state index is 0.308. The Morgan fingerprint density at radius 3 is 2.61 bits per heavy atom. The number of pyridine rings is 1. The monoisotopic (exact) mass is 248 g/mol. The molecule has 2 rings (SSSR count). The number of rotatable bonds is 3. The van der Waals surface area contributed by atoms with E-state index < -0.39 is 0 Å². The predicted octanol–water partition coefficient (Wildman–Crippen LogP) is 0.773. The third kappa shape index (κ3) is 2.86. The lowest BCUT2D eigenvalue weighted by Gasteiger charge is -2.14. The maximum atomic E-state index is 11.3. The number of likely N-dealkylation sites (tertiary alicyclic amines) is 1. The quantitative estimate of drug-likeness (QED) is 0.471. The zero-order valence-corrected chi connectivity index (χ0v) is 10.9. The van der Waals surface area contributed by atoms with E-state index >= 15 is 0 Å². The number of carbonyl (C=O) groups excluding carboxylic acids is 1. The minimum atomic E-state index is -0.308. The molecule has 1 saturated heterocycles. The highest BCUT2D eigenvalue weighted by Crippen LogP contribution is 2.23. The molecule has 2 atom stereocenters. The van der Waals surface area contributed by atoms with Gasteiger partial charge in [-0.05, 0) is 24.0 Å². The third-order valence-electron chi connectivity index (χ3n) is 3.67. The highest BCUT2D eigenvalue weighted by atomic mass is 16.2. The molecular weight excluding hydrogens is 228 g/mol. The van der Waals surface area contributed by atoms with E-state index in [1.807, 2.05) is 6.07 Å². The average molecular weight is 248 g/mol. The molecule has 0 radical (unpaired) electrons. The third-order valence-corrected chi connectivity index (χ3v) is 3.67. The van der Waals surface area contributed by atoms with Crippen LogP contribution in [0.2, 0.25) is 0 Å². The van der Waals surface area contributed by atoms with Gasteiger partial charge < -0.3 is 0 Å². The Morgan fingerprint density at radius 1 is 1.44 bits per heavy atom. The Kier molecular flexibility index (Phi) is 3.93. The van der Waals surface area contributed by atoms with Gasteiger partial charge in [-0.3, -0.25) is 20.1 Å². The Hall–Kier alpha value is -1.46. The normalized spacial score (nSPS) is 24.2. The van der Waals surface area contributed by atoms with Crippen molar-refractivity contribution in [3.63, 3.8) is 0 Å². The van der Waals surface area contributed by atoms with Crippen LogP contribution < -0.4 is 11.3 Å². The van der Waals surface area contributed by atoms with Crippen LogP contribution >= 0.6 is 0 Å². The molecule has 1 aliphatic heterocycles. The number of amides is 1. The first-order chi connectivity index (χ1) is 8.60. The topological polar surface area (TPSA) is 71.2 Å². The molecule has 1 amide bonds. The van der Waals surface area contributed by atoms with Gasteiger partial charge in [-0.25, -0.2) is 5.84 Å². The van der Waals surface area contributed by atoms with E-state index in [2.05, 4.69) is 29.2 Å². The van der Waals surface area contributed by atoms with Gasteiger partial charge in [-0.2, -0.15) is 0 Å². The molecule has 18 heavy (non-hydrogen) atoms. The maximum absolute atomic E-state index is 11.3. The lowest BCUT2D eigenvalue weighted by molar-refractivity contribution is 0.0953. The van der Waals surface area contributed by atoms with Crippen LogP contribution in [0.5, 0.6) is 0 Å².